The molecule has 0 saturated carbocycles. The Labute approximate surface area is 144 Å². The zero-order valence-electron chi connectivity index (χ0n) is 12.8. The molecule has 25 heavy (non-hydrogen) atoms. The SMILES string of the molecule is Cn1nc(C(F)(F)F)cc1C1=CC=C[Se]1C(=O)Nc1ccccc1F. The number of halogens is 4. The van der Waals surface area contributed by atoms with Crippen LogP contribution in [0.2, 0.25) is 0 Å². The van der Waals surface area contributed by atoms with Crippen molar-refractivity contribution in [3.8, 4) is 0 Å². The third kappa shape index (κ3) is 3.52. The van der Waals surface area contributed by atoms with Crippen LogP contribution in [0.25, 0.3) is 4.47 Å². The van der Waals surface area contributed by atoms with E-state index in [1.54, 1.807) is 23.2 Å². The molecule has 2 aromatic rings. The van der Waals surface area contributed by atoms with Gasteiger partial charge in [-0.2, -0.15) is 0 Å². The van der Waals surface area contributed by atoms with Gasteiger partial charge in [-0.15, -0.1) is 0 Å². The van der Waals surface area contributed by atoms with E-state index >= 15 is 0 Å². The number of nitrogens with zero attached hydrogens (tertiary/aromatic N) is 2. The minimum atomic E-state index is -4.56. The van der Waals surface area contributed by atoms with Gasteiger partial charge in [0.1, 0.15) is 0 Å². The molecule has 0 unspecified atom stereocenters. The Morgan fingerprint density at radius 1 is 1.28 bits per heavy atom. The van der Waals surface area contributed by atoms with Crippen LogP contribution in [0.5, 0.6) is 0 Å². The van der Waals surface area contributed by atoms with Crippen LogP contribution in [-0.2, 0) is 13.2 Å². The number of anilines is 1. The van der Waals surface area contributed by atoms with E-state index in [2.05, 4.69) is 10.4 Å². The molecule has 1 N–H and O–H groups in total. The molecule has 3 rings (SSSR count). The number of hydrogen-bond donors (Lipinski definition) is 1. The molecule has 0 fully saturated rings. The van der Waals surface area contributed by atoms with Gasteiger partial charge in [-0.1, -0.05) is 0 Å². The van der Waals surface area contributed by atoms with Crippen molar-refractivity contribution in [2.75, 3.05) is 5.32 Å². The van der Waals surface area contributed by atoms with Crippen LogP contribution in [0.4, 0.5) is 28.0 Å². The summed E-state index contributed by atoms with van der Waals surface area (Å²) in [5.41, 5.74) is -0.749. The summed E-state index contributed by atoms with van der Waals surface area (Å²) in [4.78, 5) is 13.7. The van der Waals surface area contributed by atoms with E-state index < -0.39 is 36.4 Å². The number of hydrogen-bond acceptors (Lipinski definition) is 2. The van der Waals surface area contributed by atoms with Gasteiger partial charge in [0.2, 0.25) is 0 Å². The van der Waals surface area contributed by atoms with Gasteiger partial charge in [-0.3, -0.25) is 0 Å². The first-order valence-electron chi connectivity index (χ1n) is 7.06. The van der Waals surface area contributed by atoms with E-state index in [0.29, 0.717) is 4.47 Å². The predicted octanol–water partition coefficient (Wildman–Crippen LogP) is 3.92. The number of carbonyl (C=O) groups is 1. The molecule has 1 amide bonds. The summed E-state index contributed by atoms with van der Waals surface area (Å²) < 4.78 is 53.8. The molecule has 1 aliphatic rings. The van der Waals surface area contributed by atoms with Crippen LogP contribution in [0, 0.1) is 5.82 Å². The maximum atomic E-state index is 13.7. The van der Waals surface area contributed by atoms with Crippen molar-refractivity contribution in [3.63, 3.8) is 0 Å². The molecule has 1 aromatic heterocycles. The van der Waals surface area contributed by atoms with Crippen molar-refractivity contribution < 1.29 is 22.4 Å². The summed E-state index contributed by atoms with van der Waals surface area (Å²) in [6.45, 7) is 0. The van der Waals surface area contributed by atoms with Gasteiger partial charge >= 0.3 is 144 Å². The number of para-hydroxylation sites is 1. The Balaban J connectivity index is 1.86. The molecular formula is C16H12F4N3OSe. The molecule has 9 heteroatoms. The second kappa shape index (κ2) is 6.49. The first kappa shape index (κ1) is 17.4. The van der Waals surface area contributed by atoms with Gasteiger partial charge in [0.15, 0.2) is 0 Å². The van der Waals surface area contributed by atoms with Crippen LogP contribution >= 0.6 is 0 Å². The number of benzene rings is 1. The van der Waals surface area contributed by atoms with Crippen LogP contribution < -0.4 is 5.32 Å². The van der Waals surface area contributed by atoms with E-state index in [4.69, 9.17) is 0 Å². The number of amides is 1. The summed E-state index contributed by atoms with van der Waals surface area (Å²) in [5, 5.41) is 5.98. The van der Waals surface area contributed by atoms with Crippen molar-refractivity contribution in [1.29, 1.82) is 0 Å². The summed E-state index contributed by atoms with van der Waals surface area (Å²) in [6, 6.07) is 6.64. The van der Waals surface area contributed by atoms with Gasteiger partial charge < -0.3 is 0 Å². The van der Waals surface area contributed by atoms with Crippen LogP contribution in [-0.4, -0.2) is 28.5 Å². The van der Waals surface area contributed by atoms with Gasteiger partial charge in [-0.05, 0) is 0 Å². The van der Waals surface area contributed by atoms with Crippen molar-refractivity contribution in [2.45, 2.75) is 6.18 Å². The van der Waals surface area contributed by atoms with E-state index in [0.717, 1.165) is 10.7 Å². The minimum absolute atomic E-state index is 0.0388. The maximum absolute atomic E-state index is 13.7. The molecular weight excluding hydrogens is 405 g/mol. The number of alkyl halides is 3. The summed E-state index contributed by atoms with van der Waals surface area (Å²) in [6.07, 6.45) is -1.34. The van der Waals surface area contributed by atoms with Crippen molar-refractivity contribution in [1.82, 2.24) is 9.78 Å². The average Bonchev–Trinajstić information content (AvgIpc) is 3.15. The zero-order chi connectivity index (χ0) is 18.2. The Bertz CT molecular complexity index is 886. The third-order valence-corrected chi connectivity index (χ3v) is 7.10. The molecule has 1 radical (unpaired) electrons. The fourth-order valence-corrected chi connectivity index (χ4v) is 5.56. The quantitative estimate of drug-likeness (QED) is 0.608. The Hall–Kier alpha value is -2.38. The molecule has 1 aliphatic heterocycles. The second-order valence-electron chi connectivity index (χ2n) is 5.13. The van der Waals surface area contributed by atoms with E-state index in [1.165, 1.54) is 25.2 Å². The Morgan fingerprint density at radius 3 is 2.64 bits per heavy atom. The van der Waals surface area contributed by atoms with Crippen LogP contribution in [0.3, 0.4) is 0 Å². The fourth-order valence-electron chi connectivity index (χ4n) is 2.28. The number of allylic oxidation sites excluding steroid dienone is 2. The number of aromatic nitrogens is 2. The monoisotopic (exact) mass is 418 g/mol. The molecule has 2 heterocycles. The molecule has 0 saturated heterocycles. The predicted molar refractivity (Wildman–Crippen MR) is 86.5 cm³/mol. The first-order chi connectivity index (χ1) is 11.8. The molecule has 0 spiro atoms. The van der Waals surface area contributed by atoms with Crippen molar-refractivity contribution in [2.24, 2.45) is 7.05 Å². The number of aryl methyl sites for hydroxylation is 1. The summed E-state index contributed by atoms with van der Waals surface area (Å²) >= 11 is -2.28. The van der Waals surface area contributed by atoms with Crippen molar-refractivity contribution >= 4 is 28.9 Å². The molecule has 131 valence electrons. The number of nitrogens with one attached hydrogen (secondary N) is 1. The van der Waals surface area contributed by atoms with Crippen LogP contribution in [0.1, 0.15) is 11.4 Å². The van der Waals surface area contributed by atoms with Crippen LogP contribution in [0.15, 0.2) is 47.5 Å². The van der Waals surface area contributed by atoms with E-state index in [1.807, 2.05) is 0 Å². The Kier molecular flexibility index (Phi) is 4.53. The third-order valence-electron chi connectivity index (χ3n) is 3.43. The molecule has 0 atom stereocenters. The average molecular weight is 417 g/mol. The normalized spacial score (nSPS) is 14.7. The molecule has 4 nitrogen and oxygen atoms in total. The second-order valence-corrected chi connectivity index (χ2v) is 8.81. The van der Waals surface area contributed by atoms with E-state index in [-0.39, 0.29) is 11.4 Å². The summed E-state index contributed by atoms with van der Waals surface area (Å²) in [7, 11) is 1.39. The van der Waals surface area contributed by atoms with E-state index in [9.17, 15) is 22.4 Å². The summed E-state index contributed by atoms with van der Waals surface area (Å²) in [5.74, 6) is -0.574. The number of carbonyl (C=O) groups excluding carboxylic acids is 1. The van der Waals surface area contributed by atoms with Gasteiger partial charge in [0.05, 0.1) is 0 Å². The molecule has 0 aliphatic carbocycles. The van der Waals surface area contributed by atoms with Gasteiger partial charge in [-0.25, -0.2) is 0 Å². The van der Waals surface area contributed by atoms with Gasteiger partial charge in [0, 0.05) is 0 Å². The standard InChI is InChI=1S/C16H12F4N3OSe/c1-23-12(9-14(22-23)16(18,19)20)13-7-4-8-25(13)15(24)21-11-6-3-2-5-10(11)17/h2-9H,1H3,(H,21,24). The topological polar surface area (TPSA) is 46.9 Å². The first-order valence-corrected chi connectivity index (χ1v) is 9.76. The molecule has 0 bridgehead atoms. The Morgan fingerprint density at radius 2 is 2.00 bits per heavy atom. The zero-order valence-corrected chi connectivity index (χ0v) is 14.6. The number of rotatable bonds is 3. The van der Waals surface area contributed by atoms with Crippen molar-refractivity contribution in [3.05, 3.63) is 64.7 Å². The molecule has 1 aromatic carbocycles. The fraction of sp³-hybridized carbons (Fsp3) is 0.125. The van der Waals surface area contributed by atoms with Gasteiger partial charge in [0.25, 0.3) is 0 Å².